The van der Waals surface area contributed by atoms with Gasteiger partial charge in [-0.25, -0.2) is 0 Å². The third-order valence-electron chi connectivity index (χ3n) is 2.64. The van der Waals surface area contributed by atoms with Crippen LogP contribution < -0.4 is 5.56 Å². The summed E-state index contributed by atoms with van der Waals surface area (Å²) in [6.07, 6.45) is -2.85. The maximum absolute atomic E-state index is 11.0. The van der Waals surface area contributed by atoms with Crippen molar-refractivity contribution in [3.63, 3.8) is 0 Å². The van der Waals surface area contributed by atoms with Crippen LogP contribution in [-0.4, -0.2) is 49.8 Å². The Bertz CT molecular complexity index is 513. The first-order chi connectivity index (χ1) is 8.04. The second-order valence-corrected chi connectivity index (χ2v) is 4.13. The van der Waals surface area contributed by atoms with E-state index in [0.29, 0.717) is 0 Å². The molecule has 0 radical (unpaired) electrons. The molecule has 1 fully saturated rings. The van der Waals surface area contributed by atoms with Crippen molar-refractivity contribution in [1.29, 1.82) is 0 Å². The minimum Gasteiger partial charge on any atom is -0.394 e. The zero-order chi connectivity index (χ0) is 12.6. The maximum Gasteiger partial charge on any atom is 0.251 e. The summed E-state index contributed by atoms with van der Waals surface area (Å²) in [5.41, 5.74) is -0.363. The summed E-state index contributed by atoms with van der Waals surface area (Å²) in [4.78, 5) is 13.4. The van der Waals surface area contributed by atoms with Crippen molar-refractivity contribution >= 4 is 12.2 Å². The van der Waals surface area contributed by atoms with Crippen molar-refractivity contribution in [2.45, 2.75) is 24.5 Å². The number of aliphatic hydroxyl groups excluding tert-OH is 3. The Morgan fingerprint density at radius 2 is 2.18 bits per heavy atom. The minimum atomic E-state index is -1.22. The van der Waals surface area contributed by atoms with Gasteiger partial charge >= 0.3 is 0 Å². The molecule has 8 heteroatoms. The topological polar surface area (TPSA) is 108 Å². The van der Waals surface area contributed by atoms with E-state index in [9.17, 15) is 15.0 Å². The number of nitrogens with zero attached hydrogens (tertiary/aromatic N) is 1. The van der Waals surface area contributed by atoms with Gasteiger partial charge in [-0.2, -0.15) is 0 Å². The van der Waals surface area contributed by atoms with Crippen LogP contribution in [0.25, 0.3) is 0 Å². The predicted molar refractivity (Wildman–Crippen MR) is 58.9 cm³/mol. The van der Waals surface area contributed by atoms with Gasteiger partial charge < -0.3 is 20.1 Å². The number of aromatic amines is 1. The van der Waals surface area contributed by atoms with Crippen LogP contribution in [0.5, 0.6) is 0 Å². The summed E-state index contributed by atoms with van der Waals surface area (Å²) >= 11 is 4.91. The quantitative estimate of drug-likeness (QED) is 0.483. The lowest BCUT2D eigenvalue weighted by Gasteiger charge is -2.17. The molecule has 0 amide bonds. The van der Waals surface area contributed by atoms with Crippen LogP contribution in [-0.2, 0) is 4.74 Å². The smallest absolute Gasteiger partial charge is 0.251 e. The maximum atomic E-state index is 11.0. The number of nitrogens with one attached hydrogen (secondary N) is 1. The van der Waals surface area contributed by atoms with Crippen LogP contribution in [0.1, 0.15) is 6.23 Å². The molecule has 94 valence electrons. The van der Waals surface area contributed by atoms with E-state index in [-0.39, 0.29) is 10.3 Å². The van der Waals surface area contributed by atoms with Gasteiger partial charge in [-0.05, 0) is 12.2 Å². The van der Waals surface area contributed by atoms with Crippen molar-refractivity contribution in [3.05, 3.63) is 27.4 Å². The average Bonchev–Trinajstić information content (AvgIpc) is 2.57. The van der Waals surface area contributed by atoms with Crippen LogP contribution in [0.3, 0.4) is 0 Å². The lowest BCUT2D eigenvalue weighted by atomic mass is 10.1. The Morgan fingerprint density at radius 3 is 2.71 bits per heavy atom. The Kier molecular flexibility index (Phi) is 3.40. The van der Waals surface area contributed by atoms with Gasteiger partial charge in [0.2, 0.25) is 0 Å². The van der Waals surface area contributed by atoms with Crippen molar-refractivity contribution < 1.29 is 20.1 Å². The van der Waals surface area contributed by atoms with Crippen LogP contribution in [0.2, 0.25) is 0 Å². The van der Waals surface area contributed by atoms with E-state index in [0.717, 1.165) is 0 Å². The number of aliphatic hydroxyl groups is 3. The SMILES string of the molecule is O=c1ccn([C@@H]2O[C@H](CO)[C@H](O)[C@H]2O)c(=S)[nH]1. The average molecular weight is 260 g/mol. The van der Waals surface area contributed by atoms with Gasteiger partial charge in [-0.15, -0.1) is 0 Å². The molecule has 1 aliphatic rings. The number of rotatable bonds is 2. The predicted octanol–water partition coefficient (Wildman–Crippen LogP) is -1.48. The van der Waals surface area contributed by atoms with Crippen molar-refractivity contribution in [2.75, 3.05) is 6.61 Å². The fraction of sp³-hybridized carbons (Fsp3) is 0.556. The first-order valence-electron chi connectivity index (χ1n) is 4.98. The van der Waals surface area contributed by atoms with Crippen molar-refractivity contribution in [2.24, 2.45) is 0 Å². The molecule has 0 bridgehead atoms. The largest absolute Gasteiger partial charge is 0.394 e. The normalized spacial score (nSPS) is 32.9. The fourth-order valence-corrected chi connectivity index (χ4v) is 2.00. The molecule has 1 aromatic heterocycles. The van der Waals surface area contributed by atoms with E-state index in [1.807, 2.05) is 0 Å². The third kappa shape index (κ3) is 2.17. The second-order valence-electron chi connectivity index (χ2n) is 3.75. The zero-order valence-electron chi connectivity index (χ0n) is 8.68. The minimum absolute atomic E-state index is 0.0762. The molecule has 0 aromatic carbocycles. The standard InChI is InChI=1S/C9H12N2O5S/c12-3-4-6(14)7(15)8(16-4)11-2-1-5(13)10-9(11)17/h1-2,4,6-8,12,14-15H,3H2,(H,10,13,17)/t4-,6+,7-,8-/m1/s1. The lowest BCUT2D eigenvalue weighted by Crippen LogP contribution is -2.33. The Morgan fingerprint density at radius 1 is 1.47 bits per heavy atom. The molecule has 0 aliphatic carbocycles. The monoisotopic (exact) mass is 260 g/mol. The molecular weight excluding hydrogens is 248 g/mol. The number of ether oxygens (including phenoxy) is 1. The third-order valence-corrected chi connectivity index (χ3v) is 2.96. The summed E-state index contributed by atoms with van der Waals surface area (Å²) in [7, 11) is 0. The molecular formula is C9H12N2O5S. The molecule has 0 saturated carbocycles. The van der Waals surface area contributed by atoms with Crippen molar-refractivity contribution in [3.8, 4) is 0 Å². The highest BCUT2D eigenvalue weighted by molar-refractivity contribution is 7.71. The highest BCUT2D eigenvalue weighted by Gasteiger charge is 2.43. The summed E-state index contributed by atoms with van der Waals surface area (Å²) in [6.45, 7) is -0.411. The van der Waals surface area contributed by atoms with Gasteiger partial charge in [0, 0.05) is 12.3 Å². The Labute approximate surface area is 101 Å². The van der Waals surface area contributed by atoms with Gasteiger partial charge in [0.1, 0.15) is 18.3 Å². The summed E-state index contributed by atoms with van der Waals surface area (Å²) in [5.74, 6) is 0. The number of H-pyrrole nitrogens is 1. The van der Waals surface area contributed by atoms with Gasteiger partial charge in [0.25, 0.3) is 5.56 Å². The van der Waals surface area contributed by atoms with Gasteiger partial charge in [-0.1, -0.05) is 0 Å². The van der Waals surface area contributed by atoms with Gasteiger partial charge in [-0.3, -0.25) is 14.3 Å². The van der Waals surface area contributed by atoms with Crippen LogP contribution in [0, 0.1) is 4.77 Å². The number of hydrogen-bond donors (Lipinski definition) is 4. The van der Waals surface area contributed by atoms with Crippen LogP contribution in [0.4, 0.5) is 0 Å². The molecule has 17 heavy (non-hydrogen) atoms. The lowest BCUT2D eigenvalue weighted by molar-refractivity contribution is -0.0541. The number of aromatic nitrogens is 2. The summed E-state index contributed by atoms with van der Waals surface area (Å²) < 4.78 is 6.66. The Balaban J connectivity index is 2.35. The molecule has 1 saturated heterocycles. The van der Waals surface area contributed by atoms with Gasteiger partial charge in [0.05, 0.1) is 6.61 Å². The molecule has 2 heterocycles. The number of hydrogen-bond acceptors (Lipinski definition) is 6. The van der Waals surface area contributed by atoms with E-state index in [4.69, 9.17) is 22.1 Å². The highest BCUT2D eigenvalue weighted by Crippen LogP contribution is 2.28. The van der Waals surface area contributed by atoms with E-state index >= 15 is 0 Å². The molecule has 4 N–H and O–H groups in total. The molecule has 4 atom stereocenters. The van der Waals surface area contributed by atoms with E-state index in [2.05, 4.69) is 4.98 Å². The highest BCUT2D eigenvalue weighted by atomic mass is 32.1. The Hall–Kier alpha value is -1.06. The molecule has 0 spiro atoms. The summed E-state index contributed by atoms with van der Waals surface area (Å²) in [5, 5.41) is 28.3. The molecule has 2 rings (SSSR count). The zero-order valence-corrected chi connectivity index (χ0v) is 9.50. The van der Waals surface area contributed by atoms with Crippen LogP contribution in [0.15, 0.2) is 17.1 Å². The molecule has 0 unspecified atom stereocenters. The van der Waals surface area contributed by atoms with Crippen LogP contribution >= 0.6 is 12.2 Å². The first kappa shape index (κ1) is 12.4. The van der Waals surface area contributed by atoms with E-state index in [1.165, 1.54) is 16.8 Å². The van der Waals surface area contributed by atoms with E-state index in [1.54, 1.807) is 0 Å². The summed E-state index contributed by atoms with van der Waals surface area (Å²) in [6, 6.07) is 1.23. The molecule has 1 aromatic rings. The fourth-order valence-electron chi connectivity index (χ4n) is 1.74. The van der Waals surface area contributed by atoms with Gasteiger partial charge in [0.15, 0.2) is 11.0 Å². The first-order valence-corrected chi connectivity index (χ1v) is 5.39. The molecule has 7 nitrogen and oxygen atoms in total. The van der Waals surface area contributed by atoms with Crippen molar-refractivity contribution in [1.82, 2.24) is 9.55 Å². The van der Waals surface area contributed by atoms with E-state index < -0.39 is 31.1 Å². The molecule has 1 aliphatic heterocycles. The second kappa shape index (κ2) is 4.67.